The molecule has 8 nitrogen and oxygen atoms in total. The zero-order chi connectivity index (χ0) is 35.6. The molecule has 0 unspecified atom stereocenters. The van der Waals surface area contributed by atoms with Crippen LogP contribution >= 0.6 is 0 Å². The van der Waals surface area contributed by atoms with Gasteiger partial charge in [0.25, 0.3) is 10.0 Å². The van der Waals surface area contributed by atoms with Crippen molar-refractivity contribution in [2.45, 2.75) is 89.1 Å². The number of nitrogens with zero attached hydrogens (tertiary/aromatic N) is 1. The second kappa shape index (κ2) is 20.5. The predicted octanol–water partition coefficient (Wildman–Crippen LogP) is 10.3. The number of hydroxylamine groups is 1. The lowest BCUT2D eigenvalue weighted by atomic mass is 10.0. The standard InChI is InChI=1S/C41H52N2O6S/c1-4-6-8-9-10-11-12-22-30-47-43(3)50(45,46)38-32-35(31-37(42-29-7-5-2)40(38)48-36-27-20-15-21-28-36)41(44)49-39(33-23-16-13-17-24-33)34-25-18-14-19-26-34/h13-21,23-28,31-32,39,42H,4-12,22,29-30H2,1-3H3. The van der Waals surface area contributed by atoms with Crippen LogP contribution in [0.4, 0.5) is 5.69 Å². The number of hydrogen-bond acceptors (Lipinski definition) is 7. The normalized spacial score (nSPS) is 11.5. The van der Waals surface area contributed by atoms with Gasteiger partial charge < -0.3 is 14.8 Å². The van der Waals surface area contributed by atoms with Crippen LogP contribution in [-0.4, -0.2) is 39.1 Å². The van der Waals surface area contributed by atoms with E-state index in [1.165, 1.54) is 45.2 Å². The molecule has 0 aromatic heterocycles. The molecule has 0 aliphatic rings. The molecule has 0 spiro atoms. The third-order valence-corrected chi connectivity index (χ3v) is 10.1. The number of rotatable bonds is 22. The number of carbonyl (C=O) groups excluding carboxylic acids is 1. The van der Waals surface area contributed by atoms with Crippen molar-refractivity contribution in [2.75, 3.05) is 25.5 Å². The van der Waals surface area contributed by atoms with Crippen LogP contribution in [0.15, 0.2) is 108 Å². The number of unbranched alkanes of at least 4 members (excludes halogenated alkanes) is 8. The van der Waals surface area contributed by atoms with Crippen LogP contribution in [-0.2, 0) is 19.6 Å². The van der Waals surface area contributed by atoms with Crippen molar-refractivity contribution in [2.24, 2.45) is 0 Å². The van der Waals surface area contributed by atoms with E-state index >= 15 is 0 Å². The van der Waals surface area contributed by atoms with E-state index in [9.17, 15) is 13.2 Å². The van der Waals surface area contributed by atoms with E-state index in [0.29, 0.717) is 18.0 Å². The highest BCUT2D eigenvalue weighted by Gasteiger charge is 2.31. The van der Waals surface area contributed by atoms with Gasteiger partial charge >= 0.3 is 5.97 Å². The van der Waals surface area contributed by atoms with Crippen LogP contribution in [0.1, 0.15) is 106 Å². The number of benzene rings is 4. The highest BCUT2D eigenvalue weighted by Crippen LogP contribution is 2.40. The summed E-state index contributed by atoms with van der Waals surface area (Å²) in [5.41, 5.74) is 2.01. The summed E-state index contributed by atoms with van der Waals surface area (Å²) in [5.74, 6) is -0.144. The van der Waals surface area contributed by atoms with E-state index in [-0.39, 0.29) is 22.8 Å². The summed E-state index contributed by atoms with van der Waals surface area (Å²) in [6, 6.07) is 30.8. The molecule has 1 N–H and O–H groups in total. The van der Waals surface area contributed by atoms with Gasteiger partial charge in [-0.05, 0) is 48.2 Å². The summed E-state index contributed by atoms with van der Waals surface area (Å²) in [6.07, 6.45) is 9.93. The van der Waals surface area contributed by atoms with Crippen molar-refractivity contribution in [3.05, 3.63) is 120 Å². The number of sulfonamides is 1. The fourth-order valence-electron chi connectivity index (χ4n) is 5.55. The van der Waals surface area contributed by atoms with E-state index in [0.717, 1.165) is 47.7 Å². The molecule has 268 valence electrons. The van der Waals surface area contributed by atoms with E-state index in [2.05, 4.69) is 19.2 Å². The van der Waals surface area contributed by atoms with Gasteiger partial charge in [-0.3, -0.25) is 4.84 Å². The lowest BCUT2D eigenvalue weighted by Crippen LogP contribution is -2.28. The van der Waals surface area contributed by atoms with E-state index in [4.69, 9.17) is 14.3 Å². The van der Waals surface area contributed by atoms with Gasteiger partial charge in [0.15, 0.2) is 11.9 Å². The number of para-hydroxylation sites is 1. The number of esters is 1. The molecule has 0 aliphatic carbocycles. The third kappa shape index (κ3) is 11.4. The summed E-state index contributed by atoms with van der Waals surface area (Å²) in [5, 5.41) is 3.33. The minimum absolute atomic E-state index is 0.0660. The highest BCUT2D eigenvalue weighted by molar-refractivity contribution is 7.89. The monoisotopic (exact) mass is 700 g/mol. The van der Waals surface area contributed by atoms with Gasteiger partial charge in [-0.1, -0.05) is 149 Å². The Balaban J connectivity index is 1.67. The molecule has 0 bridgehead atoms. The molecule has 4 rings (SSSR count). The van der Waals surface area contributed by atoms with Crippen LogP contribution in [0.5, 0.6) is 11.5 Å². The van der Waals surface area contributed by atoms with E-state index in [1.54, 1.807) is 18.2 Å². The van der Waals surface area contributed by atoms with Gasteiger partial charge in [-0.2, -0.15) is 0 Å². The van der Waals surface area contributed by atoms with Gasteiger partial charge in [0.1, 0.15) is 10.6 Å². The zero-order valence-electron chi connectivity index (χ0n) is 29.7. The van der Waals surface area contributed by atoms with Crippen LogP contribution in [0, 0.1) is 0 Å². The van der Waals surface area contributed by atoms with Crippen molar-refractivity contribution in [1.82, 2.24) is 4.47 Å². The summed E-state index contributed by atoms with van der Waals surface area (Å²) >= 11 is 0. The van der Waals surface area contributed by atoms with Crippen molar-refractivity contribution in [3.63, 3.8) is 0 Å². The Morgan fingerprint density at radius 2 is 1.26 bits per heavy atom. The smallest absolute Gasteiger partial charge is 0.339 e. The molecule has 0 fully saturated rings. The van der Waals surface area contributed by atoms with Crippen LogP contribution in [0.25, 0.3) is 0 Å². The number of hydrogen-bond donors (Lipinski definition) is 1. The first kappa shape index (κ1) is 38.6. The second-order valence-electron chi connectivity index (χ2n) is 12.4. The number of anilines is 1. The minimum atomic E-state index is -4.30. The predicted molar refractivity (Wildman–Crippen MR) is 200 cm³/mol. The number of nitrogens with one attached hydrogen (secondary N) is 1. The van der Waals surface area contributed by atoms with Crippen LogP contribution in [0.3, 0.4) is 0 Å². The Labute approximate surface area is 298 Å². The maximum atomic E-state index is 14.3. The summed E-state index contributed by atoms with van der Waals surface area (Å²) in [6.45, 7) is 5.07. The first-order valence-electron chi connectivity index (χ1n) is 17.9. The first-order chi connectivity index (χ1) is 24.3. The minimum Gasteiger partial charge on any atom is -0.454 e. The van der Waals surface area contributed by atoms with Crippen LogP contribution in [0.2, 0.25) is 0 Å². The third-order valence-electron chi connectivity index (χ3n) is 8.42. The van der Waals surface area contributed by atoms with Gasteiger partial charge in [0.2, 0.25) is 0 Å². The van der Waals surface area contributed by atoms with Crippen LogP contribution < -0.4 is 10.1 Å². The largest absolute Gasteiger partial charge is 0.454 e. The summed E-state index contributed by atoms with van der Waals surface area (Å²) in [7, 11) is -2.92. The van der Waals surface area contributed by atoms with Crippen molar-refractivity contribution < 1.29 is 27.5 Å². The van der Waals surface area contributed by atoms with Crippen molar-refractivity contribution in [3.8, 4) is 11.5 Å². The molecular weight excluding hydrogens is 649 g/mol. The Bertz CT molecular complexity index is 1650. The zero-order valence-corrected chi connectivity index (χ0v) is 30.5. The Hall–Kier alpha value is -4.18. The van der Waals surface area contributed by atoms with Gasteiger partial charge in [-0.25, -0.2) is 13.2 Å². The van der Waals surface area contributed by atoms with Crippen molar-refractivity contribution >= 4 is 21.7 Å². The quantitative estimate of drug-likeness (QED) is 0.0495. The summed E-state index contributed by atoms with van der Waals surface area (Å²) in [4.78, 5) is 19.6. The Morgan fingerprint density at radius 1 is 0.720 bits per heavy atom. The highest BCUT2D eigenvalue weighted by atomic mass is 32.2. The molecule has 4 aromatic rings. The maximum Gasteiger partial charge on any atom is 0.339 e. The van der Waals surface area contributed by atoms with Crippen molar-refractivity contribution in [1.29, 1.82) is 0 Å². The molecule has 0 aliphatic heterocycles. The molecule has 4 aromatic carbocycles. The molecular formula is C41H52N2O6S. The molecule has 0 amide bonds. The van der Waals surface area contributed by atoms with Gasteiger partial charge in [0, 0.05) is 13.6 Å². The fraction of sp³-hybridized carbons (Fsp3) is 0.390. The second-order valence-corrected chi connectivity index (χ2v) is 14.3. The number of ether oxygens (including phenoxy) is 2. The molecule has 9 heteroatoms. The summed E-state index contributed by atoms with van der Waals surface area (Å²) < 4.78 is 41.9. The molecule has 0 atom stereocenters. The molecule has 0 saturated heterocycles. The molecule has 0 saturated carbocycles. The van der Waals surface area contributed by atoms with Gasteiger partial charge in [0.05, 0.1) is 17.9 Å². The Kier molecular flexibility index (Phi) is 15.8. The molecule has 50 heavy (non-hydrogen) atoms. The van der Waals surface area contributed by atoms with E-state index in [1.807, 2.05) is 78.9 Å². The lowest BCUT2D eigenvalue weighted by molar-refractivity contribution is -0.0663. The maximum absolute atomic E-state index is 14.3. The average Bonchev–Trinajstić information content (AvgIpc) is 3.14. The fourth-order valence-corrected chi connectivity index (χ4v) is 6.70. The number of carbonyl (C=O) groups is 1. The molecule has 0 radical (unpaired) electrons. The average molecular weight is 701 g/mol. The lowest BCUT2D eigenvalue weighted by Gasteiger charge is -2.23. The van der Waals surface area contributed by atoms with Gasteiger partial charge in [-0.15, -0.1) is 0 Å². The Morgan fingerprint density at radius 3 is 1.84 bits per heavy atom. The first-order valence-corrected chi connectivity index (χ1v) is 19.4. The topological polar surface area (TPSA) is 94.2 Å². The van der Waals surface area contributed by atoms with E-state index < -0.39 is 22.1 Å². The SMILES string of the molecule is CCCCCCCCCCON(C)S(=O)(=O)c1cc(C(=O)OC(c2ccccc2)c2ccccc2)cc(NCCCC)c1Oc1ccccc1. The molecule has 0 heterocycles.